The molecule has 70 heavy (non-hydrogen) atoms. The van der Waals surface area contributed by atoms with Crippen LogP contribution in [0.2, 0.25) is 0 Å². The molecule has 6 heteroatoms. The third-order valence-electron chi connectivity index (χ3n) is 15.2. The molecule has 0 saturated carbocycles. The Morgan fingerprint density at radius 2 is 1.27 bits per heavy atom. The van der Waals surface area contributed by atoms with E-state index in [9.17, 15) is 0 Å². The van der Waals surface area contributed by atoms with E-state index in [0.29, 0.717) is 17.4 Å². The van der Waals surface area contributed by atoms with Gasteiger partial charge in [0.05, 0.1) is 0 Å². The van der Waals surface area contributed by atoms with Crippen LogP contribution in [0.1, 0.15) is 158 Å². The van der Waals surface area contributed by atoms with E-state index in [1.807, 2.05) is 12.3 Å². The Bertz CT molecular complexity index is 2990. The van der Waals surface area contributed by atoms with Gasteiger partial charge in [-0.25, -0.2) is 4.98 Å². The second-order valence-electron chi connectivity index (χ2n) is 22.3. The van der Waals surface area contributed by atoms with Gasteiger partial charge in [0.25, 0.3) is 0 Å². The third kappa shape index (κ3) is 8.97. The van der Waals surface area contributed by atoms with Gasteiger partial charge in [-0.05, 0) is 88.1 Å². The summed E-state index contributed by atoms with van der Waals surface area (Å²) in [6.07, 6.45) is 1.89. The van der Waals surface area contributed by atoms with Crippen LogP contribution in [0.5, 0.6) is 11.5 Å². The molecule has 0 amide bonds. The fourth-order valence-corrected chi connectivity index (χ4v) is 10.9. The third-order valence-corrected chi connectivity index (χ3v) is 15.2. The smallest absolute Gasteiger partial charge is 0.511 e. The first-order valence-corrected chi connectivity index (χ1v) is 24.9. The molecule has 7 aromatic rings. The van der Waals surface area contributed by atoms with Crippen LogP contribution in [0.4, 0.5) is 17.2 Å². The summed E-state index contributed by atoms with van der Waals surface area (Å²) in [6.45, 7) is 31.6. The predicted molar refractivity (Wildman–Crippen MR) is 286 cm³/mol. The van der Waals surface area contributed by atoms with Gasteiger partial charge in [0, 0.05) is 40.3 Å². The SMILES string of the molecule is Cc1cc(Oc2[c-]c(C3=N[C@](C)(C(c4ccccc4)c4ccccc4)[C@@](C)(C(C)C)O3)cc(-c3c(C(C)C)cccc3C(C)C)c2)[c-]c(N2c3ccc(C(C)(C)C)cc3C(C)(C)c3cccnc32)c1.[Pt+2]. The molecule has 0 saturated heterocycles. The zero-order valence-corrected chi connectivity index (χ0v) is 45.8. The van der Waals surface area contributed by atoms with E-state index in [2.05, 4.69) is 241 Å². The van der Waals surface area contributed by atoms with E-state index in [4.69, 9.17) is 19.5 Å². The number of pyridine rings is 1. The Morgan fingerprint density at radius 3 is 1.86 bits per heavy atom. The Labute approximate surface area is 433 Å². The number of rotatable bonds is 11. The van der Waals surface area contributed by atoms with Crippen LogP contribution in [0.15, 0.2) is 145 Å². The minimum atomic E-state index is -0.709. The molecular weight excluding hydrogens is 1040 g/mol. The minimum Gasteiger partial charge on any atom is -0.511 e. The molecule has 2 aliphatic rings. The van der Waals surface area contributed by atoms with E-state index in [1.165, 1.54) is 38.9 Å². The topological polar surface area (TPSA) is 47.0 Å². The molecule has 6 aromatic carbocycles. The molecule has 2 aliphatic heterocycles. The standard InChI is InChI=1S/C64H69N3O2.Pt/c1-40(2)52-27-21-28-53(41(3)4)57(52)46-35-47(60-66-63(13,64(14,69-60)42(5)6)58(44-23-17-15-18-24-44)45-25-19-16-20-26-45)37-51(36-46)68-50-34-43(7)33-49(39-50)67-56-31-30-48(61(8,9)10)38-55(56)62(11,12)54-29-22-32-65-59(54)67;/h15-36,38,40-42,58H,1-14H3;/q-2;+2/t63-,64-;/m1./s1. The van der Waals surface area contributed by atoms with Crippen molar-refractivity contribution in [2.75, 3.05) is 4.90 Å². The van der Waals surface area contributed by atoms with Crippen LogP contribution in [0, 0.1) is 25.0 Å². The fourth-order valence-electron chi connectivity index (χ4n) is 10.9. The minimum absolute atomic E-state index is 0. The summed E-state index contributed by atoms with van der Waals surface area (Å²) in [5.74, 6) is 3.17. The van der Waals surface area contributed by atoms with Crippen LogP contribution >= 0.6 is 0 Å². The molecule has 5 nitrogen and oxygen atoms in total. The molecule has 362 valence electrons. The number of nitrogens with zero attached hydrogens (tertiary/aromatic N) is 3. The second-order valence-corrected chi connectivity index (χ2v) is 22.3. The summed E-state index contributed by atoms with van der Waals surface area (Å²) in [7, 11) is 0. The van der Waals surface area contributed by atoms with Gasteiger partial charge in [-0.3, -0.25) is 4.99 Å². The van der Waals surface area contributed by atoms with Crippen molar-refractivity contribution < 1.29 is 30.5 Å². The Kier molecular flexibility index (Phi) is 13.8. The van der Waals surface area contributed by atoms with Gasteiger partial charge in [0.2, 0.25) is 0 Å². The molecule has 0 unspecified atom stereocenters. The van der Waals surface area contributed by atoms with Crippen LogP contribution in [0.3, 0.4) is 0 Å². The van der Waals surface area contributed by atoms with Gasteiger partial charge in [-0.1, -0.05) is 209 Å². The first kappa shape index (κ1) is 50.6. The van der Waals surface area contributed by atoms with Crippen molar-refractivity contribution in [2.24, 2.45) is 10.9 Å². The summed E-state index contributed by atoms with van der Waals surface area (Å²) >= 11 is 0. The number of aromatic nitrogens is 1. The molecule has 0 radical (unpaired) electrons. The molecule has 0 N–H and O–H groups in total. The van der Waals surface area contributed by atoms with Gasteiger partial charge >= 0.3 is 21.1 Å². The van der Waals surface area contributed by atoms with E-state index in [-0.39, 0.29) is 55.6 Å². The fraction of sp³-hybridized carbons (Fsp3) is 0.344. The molecule has 9 rings (SSSR count). The quantitative estimate of drug-likeness (QED) is 0.121. The zero-order valence-electron chi connectivity index (χ0n) is 43.6. The maximum absolute atomic E-state index is 7.36. The number of aryl methyl sites for hydroxylation is 1. The van der Waals surface area contributed by atoms with Crippen molar-refractivity contribution >= 4 is 23.1 Å². The number of hydrogen-bond donors (Lipinski definition) is 0. The van der Waals surface area contributed by atoms with E-state index >= 15 is 0 Å². The molecule has 1 aromatic heterocycles. The van der Waals surface area contributed by atoms with Crippen molar-refractivity contribution in [1.29, 1.82) is 0 Å². The molecule has 3 heterocycles. The Hall–Kier alpha value is -5.77. The summed E-state index contributed by atoms with van der Waals surface area (Å²) in [6, 6.07) is 55.5. The van der Waals surface area contributed by atoms with E-state index in [0.717, 1.165) is 39.4 Å². The van der Waals surface area contributed by atoms with Crippen LogP contribution in [-0.4, -0.2) is 22.0 Å². The van der Waals surface area contributed by atoms with Crippen molar-refractivity contribution in [2.45, 2.75) is 137 Å². The van der Waals surface area contributed by atoms with Crippen LogP contribution in [-0.2, 0) is 36.6 Å². The maximum Gasteiger partial charge on any atom is 2.00 e. The zero-order chi connectivity index (χ0) is 49.2. The van der Waals surface area contributed by atoms with Gasteiger partial charge in [0.15, 0.2) is 0 Å². The summed E-state index contributed by atoms with van der Waals surface area (Å²) in [5, 5.41) is 0. The summed E-state index contributed by atoms with van der Waals surface area (Å²) in [5.41, 5.74) is 12.9. The van der Waals surface area contributed by atoms with Crippen molar-refractivity contribution in [3.8, 4) is 22.6 Å². The summed E-state index contributed by atoms with van der Waals surface area (Å²) in [4.78, 5) is 13.1. The predicted octanol–water partition coefficient (Wildman–Crippen LogP) is 16.9. The van der Waals surface area contributed by atoms with Crippen molar-refractivity contribution in [3.63, 3.8) is 0 Å². The number of aliphatic imine (C=N–C) groups is 1. The molecule has 0 spiro atoms. The molecular formula is C64H69N3O2Pt. The van der Waals surface area contributed by atoms with E-state index < -0.39 is 11.1 Å². The van der Waals surface area contributed by atoms with Gasteiger partial charge in [-0.15, -0.1) is 24.3 Å². The maximum atomic E-state index is 7.36. The molecule has 0 aliphatic carbocycles. The number of fused-ring (bicyclic) bond motifs is 2. The summed E-state index contributed by atoms with van der Waals surface area (Å²) < 4.78 is 14.5. The average Bonchev–Trinajstić information content (AvgIpc) is 3.60. The Balaban J connectivity index is 0.00000659. The monoisotopic (exact) mass is 1110 g/mol. The molecule has 0 bridgehead atoms. The second kappa shape index (κ2) is 19.1. The van der Waals surface area contributed by atoms with Crippen molar-refractivity contribution in [1.82, 2.24) is 4.98 Å². The van der Waals surface area contributed by atoms with Gasteiger partial charge in [-0.2, -0.15) is 5.56 Å². The molecule has 0 fully saturated rings. The van der Waals surface area contributed by atoms with Crippen LogP contribution in [0.25, 0.3) is 11.1 Å². The normalized spacial score (nSPS) is 18.4. The van der Waals surface area contributed by atoms with Gasteiger partial charge in [0.1, 0.15) is 22.9 Å². The Morgan fingerprint density at radius 1 is 0.657 bits per heavy atom. The van der Waals surface area contributed by atoms with E-state index in [1.54, 1.807) is 0 Å². The van der Waals surface area contributed by atoms with Crippen molar-refractivity contribution in [3.05, 3.63) is 202 Å². The number of hydrogen-bond acceptors (Lipinski definition) is 5. The average molecular weight is 1110 g/mol. The van der Waals surface area contributed by atoms with Gasteiger partial charge < -0.3 is 14.4 Å². The first-order valence-electron chi connectivity index (χ1n) is 24.9. The number of ether oxygens (including phenoxy) is 2. The van der Waals surface area contributed by atoms with Crippen LogP contribution < -0.4 is 9.64 Å². The first-order chi connectivity index (χ1) is 32.7. The molecule has 2 atom stereocenters. The largest absolute Gasteiger partial charge is 2.00 e. The number of anilines is 3. The number of benzene rings is 6.